The Morgan fingerprint density at radius 2 is 1.79 bits per heavy atom. The number of aromatic nitrogens is 1. The number of nitrogens with one attached hydrogen (secondary N) is 1. The van der Waals surface area contributed by atoms with Gasteiger partial charge in [0, 0.05) is 39.3 Å². The SMILES string of the molecule is COc1ccc(OC[C@H](O)CN2CCN(Cc3nc(C(=O)NCc4cccc(C(F)(F)F)c4)co3)CC2)cc1. The van der Waals surface area contributed by atoms with Crippen LogP contribution < -0.4 is 14.8 Å². The van der Waals surface area contributed by atoms with E-state index < -0.39 is 23.8 Å². The molecule has 12 heteroatoms. The molecule has 3 aromatic rings. The number of hydrogen-bond acceptors (Lipinski definition) is 8. The Kier molecular flexibility index (Phi) is 9.44. The third-order valence-corrected chi connectivity index (χ3v) is 6.29. The summed E-state index contributed by atoms with van der Waals surface area (Å²) >= 11 is 0. The molecule has 4 rings (SSSR count). The number of carbonyl (C=O) groups excluding carboxylic acids is 1. The highest BCUT2D eigenvalue weighted by atomic mass is 19.4. The van der Waals surface area contributed by atoms with Crippen molar-refractivity contribution in [3.63, 3.8) is 0 Å². The highest BCUT2D eigenvalue weighted by molar-refractivity contribution is 5.91. The average Bonchev–Trinajstić information content (AvgIpc) is 3.40. The number of halogens is 3. The Labute approximate surface area is 224 Å². The first-order valence-electron chi connectivity index (χ1n) is 12.5. The molecule has 1 saturated heterocycles. The molecular formula is C27H31F3N4O5. The maximum Gasteiger partial charge on any atom is 0.416 e. The molecule has 39 heavy (non-hydrogen) atoms. The van der Waals surface area contributed by atoms with Crippen molar-refractivity contribution < 1.29 is 37.0 Å². The normalized spacial score (nSPS) is 15.6. The van der Waals surface area contributed by atoms with Gasteiger partial charge in [0.15, 0.2) is 5.69 Å². The lowest BCUT2D eigenvalue weighted by atomic mass is 10.1. The quantitative estimate of drug-likeness (QED) is 0.377. The van der Waals surface area contributed by atoms with Crippen LogP contribution in [0.25, 0.3) is 0 Å². The molecule has 1 aromatic heterocycles. The zero-order valence-corrected chi connectivity index (χ0v) is 21.5. The summed E-state index contributed by atoms with van der Waals surface area (Å²) in [5, 5.41) is 12.9. The molecular weight excluding hydrogens is 517 g/mol. The fraction of sp³-hybridized carbons (Fsp3) is 0.407. The number of alkyl halides is 3. The van der Waals surface area contributed by atoms with E-state index in [1.165, 1.54) is 18.4 Å². The highest BCUT2D eigenvalue weighted by Crippen LogP contribution is 2.29. The number of hydrogen-bond donors (Lipinski definition) is 2. The van der Waals surface area contributed by atoms with E-state index in [4.69, 9.17) is 13.9 Å². The molecule has 0 spiro atoms. The standard InChI is InChI=1S/C27H31F3N4O5/c1-37-22-5-7-23(8-6-22)38-17-21(35)15-33-9-11-34(12-10-33)16-25-32-24(18-39-25)26(36)31-14-19-3-2-4-20(13-19)27(28,29)30/h2-8,13,18,21,35H,9-12,14-17H2,1H3,(H,31,36)/t21-/m1/s1. The number of aliphatic hydroxyl groups is 1. The maximum atomic E-state index is 12.9. The van der Waals surface area contributed by atoms with Crippen molar-refractivity contribution in [1.82, 2.24) is 20.1 Å². The summed E-state index contributed by atoms with van der Waals surface area (Å²) in [6.45, 7) is 3.95. The molecule has 2 aromatic carbocycles. The molecule has 1 amide bonds. The van der Waals surface area contributed by atoms with E-state index in [2.05, 4.69) is 20.1 Å². The van der Waals surface area contributed by atoms with Crippen LogP contribution in [-0.2, 0) is 19.3 Å². The van der Waals surface area contributed by atoms with Gasteiger partial charge in [-0.3, -0.25) is 14.6 Å². The lowest BCUT2D eigenvalue weighted by Gasteiger charge is -2.34. The molecule has 2 heterocycles. The first kappa shape index (κ1) is 28.4. The molecule has 0 aliphatic carbocycles. The fourth-order valence-corrected chi connectivity index (χ4v) is 4.15. The molecule has 0 saturated carbocycles. The van der Waals surface area contributed by atoms with E-state index in [9.17, 15) is 23.1 Å². The zero-order valence-electron chi connectivity index (χ0n) is 21.5. The Balaban J connectivity index is 1.16. The summed E-state index contributed by atoms with van der Waals surface area (Å²) in [5.41, 5.74) is -0.373. The highest BCUT2D eigenvalue weighted by Gasteiger charge is 2.30. The van der Waals surface area contributed by atoms with Gasteiger partial charge in [-0.1, -0.05) is 12.1 Å². The molecule has 0 bridgehead atoms. The molecule has 0 unspecified atom stereocenters. The Hall–Kier alpha value is -3.61. The van der Waals surface area contributed by atoms with E-state index in [1.54, 1.807) is 31.4 Å². The van der Waals surface area contributed by atoms with Gasteiger partial charge in [-0.15, -0.1) is 0 Å². The number of β-amino-alcohol motifs (C(OH)–C–C–N with tert-alkyl or cyclic N) is 1. The van der Waals surface area contributed by atoms with E-state index >= 15 is 0 Å². The number of oxazole rings is 1. The first-order valence-corrected chi connectivity index (χ1v) is 12.5. The van der Waals surface area contributed by atoms with Gasteiger partial charge < -0.3 is 24.3 Å². The van der Waals surface area contributed by atoms with E-state index in [1.807, 2.05) is 0 Å². The molecule has 1 atom stereocenters. The Bertz CT molecular complexity index is 1210. The lowest BCUT2D eigenvalue weighted by molar-refractivity contribution is -0.137. The van der Waals surface area contributed by atoms with Gasteiger partial charge in [0.05, 0.1) is 19.2 Å². The van der Waals surface area contributed by atoms with E-state index in [0.29, 0.717) is 30.3 Å². The second kappa shape index (κ2) is 13.0. The van der Waals surface area contributed by atoms with Crippen molar-refractivity contribution in [1.29, 1.82) is 0 Å². The van der Waals surface area contributed by atoms with Gasteiger partial charge >= 0.3 is 6.18 Å². The number of benzene rings is 2. The number of piperazine rings is 1. The molecule has 1 aliphatic heterocycles. The van der Waals surface area contributed by atoms with Crippen LogP contribution in [0.4, 0.5) is 13.2 Å². The van der Waals surface area contributed by atoms with Crippen LogP contribution in [-0.4, -0.2) is 78.3 Å². The van der Waals surface area contributed by atoms with Crippen molar-refractivity contribution in [3.05, 3.63) is 77.5 Å². The van der Waals surface area contributed by atoms with Crippen molar-refractivity contribution in [2.75, 3.05) is 46.4 Å². The predicted octanol–water partition coefficient (Wildman–Crippen LogP) is 3.19. The van der Waals surface area contributed by atoms with Crippen LogP contribution in [0.15, 0.2) is 59.2 Å². The monoisotopic (exact) mass is 548 g/mol. The first-order chi connectivity index (χ1) is 18.7. The minimum Gasteiger partial charge on any atom is -0.497 e. The number of nitrogens with zero attached hydrogens (tertiary/aromatic N) is 3. The molecule has 1 fully saturated rings. The molecule has 1 aliphatic rings. The predicted molar refractivity (Wildman–Crippen MR) is 135 cm³/mol. The summed E-state index contributed by atoms with van der Waals surface area (Å²) in [4.78, 5) is 20.9. The summed E-state index contributed by atoms with van der Waals surface area (Å²) in [6.07, 6.45) is -3.84. The van der Waals surface area contributed by atoms with Crippen molar-refractivity contribution in [2.45, 2.75) is 25.4 Å². The number of aliphatic hydroxyl groups excluding tert-OH is 1. The number of ether oxygens (including phenoxy) is 2. The smallest absolute Gasteiger partial charge is 0.416 e. The Morgan fingerprint density at radius 1 is 1.10 bits per heavy atom. The third-order valence-electron chi connectivity index (χ3n) is 6.29. The van der Waals surface area contributed by atoms with Crippen molar-refractivity contribution >= 4 is 5.91 Å². The second-order valence-electron chi connectivity index (χ2n) is 9.22. The minimum absolute atomic E-state index is 0.0654. The molecule has 9 nitrogen and oxygen atoms in total. The summed E-state index contributed by atoms with van der Waals surface area (Å²) in [6, 6.07) is 12.0. The second-order valence-corrected chi connectivity index (χ2v) is 9.22. The van der Waals surface area contributed by atoms with Gasteiger partial charge in [-0.2, -0.15) is 13.2 Å². The summed E-state index contributed by atoms with van der Waals surface area (Å²) in [5.74, 6) is 1.24. The van der Waals surface area contributed by atoms with Gasteiger partial charge in [0.25, 0.3) is 5.91 Å². The van der Waals surface area contributed by atoms with Gasteiger partial charge in [0.2, 0.25) is 5.89 Å². The number of carbonyl (C=O) groups is 1. The molecule has 210 valence electrons. The van der Waals surface area contributed by atoms with Crippen LogP contribution >= 0.6 is 0 Å². The number of methoxy groups -OCH3 is 1. The van der Waals surface area contributed by atoms with Crippen LogP contribution in [0.2, 0.25) is 0 Å². The number of rotatable bonds is 11. The van der Waals surface area contributed by atoms with Crippen LogP contribution in [0.5, 0.6) is 11.5 Å². The van der Waals surface area contributed by atoms with E-state index in [-0.39, 0.29) is 18.8 Å². The largest absolute Gasteiger partial charge is 0.497 e. The summed E-state index contributed by atoms with van der Waals surface area (Å²) in [7, 11) is 1.59. The van der Waals surface area contributed by atoms with E-state index in [0.717, 1.165) is 44.1 Å². The van der Waals surface area contributed by atoms with Gasteiger partial charge in [-0.05, 0) is 42.0 Å². The van der Waals surface area contributed by atoms with Crippen LogP contribution in [0.3, 0.4) is 0 Å². The van der Waals surface area contributed by atoms with Crippen LogP contribution in [0, 0.1) is 0 Å². The average molecular weight is 549 g/mol. The zero-order chi connectivity index (χ0) is 27.8. The minimum atomic E-state index is -4.45. The van der Waals surface area contributed by atoms with Crippen molar-refractivity contribution in [2.24, 2.45) is 0 Å². The Morgan fingerprint density at radius 3 is 2.49 bits per heavy atom. The molecule has 2 N–H and O–H groups in total. The topological polar surface area (TPSA) is 100 Å². The third kappa shape index (κ3) is 8.44. The summed E-state index contributed by atoms with van der Waals surface area (Å²) < 4.78 is 54.8. The van der Waals surface area contributed by atoms with Gasteiger partial charge in [0.1, 0.15) is 30.5 Å². The maximum absolute atomic E-state index is 12.9. The lowest BCUT2D eigenvalue weighted by Crippen LogP contribution is -2.48. The van der Waals surface area contributed by atoms with Crippen molar-refractivity contribution in [3.8, 4) is 11.5 Å². The van der Waals surface area contributed by atoms with Crippen LogP contribution in [0.1, 0.15) is 27.5 Å². The molecule has 0 radical (unpaired) electrons. The fourth-order valence-electron chi connectivity index (χ4n) is 4.15. The number of amides is 1. The van der Waals surface area contributed by atoms with Gasteiger partial charge in [-0.25, -0.2) is 4.98 Å².